The molecular formula is C23H20ClFN4O2. The lowest BCUT2D eigenvalue weighted by atomic mass is 10.0. The highest BCUT2D eigenvalue weighted by Gasteiger charge is 2.24. The zero-order valence-corrected chi connectivity index (χ0v) is 17.7. The van der Waals surface area contributed by atoms with E-state index in [0.29, 0.717) is 27.8 Å². The molecule has 8 heteroatoms. The maximum atomic E-state index is 13.5. The molecule has 1 unspecified atom stereocenters. The predicted octanol–water partition coefficient (Wildman–Crippen LogP) is 4.53. The van der Waals surface area contributed by atoms with Crippen LogP contribution in [0.1, 0.15) is 27.8 Å². The number of benzene rings is 2. The third-order valence-electron chi connectivity index (χ3n) is 4.99. The highest BCUT2D eigenvalue weighted by molar-refractivity contribution is 6.33. The van der Waals surface area contributed by atoms with Gasteiger partial charge in [0.15, 0.2) is 0 Å². The minimum Gasteiger partial charge on any atom is -0.496 e. The third kappa shape index (κ3) is 4.18. The Kier molecular flexibility index (Phi) is 5.77. The average molecular weight is 439 g/mol. The highest BCUT2D eigenvalue weighted by Crippen LogP contribution is 2.31. The fourth-order valence-electron chi connectivity index (χ4n) is 3.40. The minimum atomic E-state index is -0.597. The molecule has 0 fully saturated rings. The van der Waals surface area contributed by atoms with Gasteiger partial charge in [-0.3, -0.25) is 4.79 Å². The second kappa shape index (κ2) is 8.65. The summed E-state index contributed by atoms with van der Waals surface area (Å²) in [6.45, 7) is 0. The molecule has 2 aromatic heterocycles. The molecule has 1 atom stereocenters. The highest BCUT2D eigenvalue weighted by atomic mass is 35.5. The van der Waals surface area contributed by atoms with Gasteiger partial charge in [-0.05, 0) is 35.9 Å². The van der Waals surface area contributed by atoms with Gasteiger partial charge in [0.2, 0.25) is 0 Å². The van der Waals surface area contributed by atoms with Crippen LogP contribution in [0.2, 0.25) is 5.02 Å². The molecule has 2 aromatic carbocycles. The molecule has 4 aromatic rings. The largest absolute Gasteiger partial charge is 0.496 e. The first kappa shape index (κ1) is 20.7. The van der Waals surface area contributed by atoms with E-state index in [9.17, 15) is 9.18 Å². The molecule has 0 radical (unpaired) electrons. The van der Waals surface area contributed by atoms with Crippen molar-refractivity contribution in [1.82, 2.24) is 19.4 Å². The van der Waals surface area contributed by atoms with E-state index in [0.717, 1.165) is 0 Å². The number of ether oxygens (including phenoxy) is 1. The molecule has 0 saturated carbocycles. The summed E-state index contributed by atoms with van der Waals surface area (Å²) >= 11 is 6.48. The topological polar surface area (TPSA) is 61.1 Å². The number of carbonyl (C=O) groups is 1. The van der Waals surface area contributed by atoms with E-state index in [1.165, 1.54) is 19.2 Å². The summed E-state index contributed by atoms with van der Waals surface area (Å²) in [5, 5.41) is 3.38. The molecule has 4 rings (SSSR count). The summed E-state index contributed by atoms with van der Waals surface area (Å²) in [4.78, 5) is 17.6. The Morgan fingerprint density at radius 2 is 1.87 bits per heavy atom. The normalized spacial score (nSPS) is 11.9. The van der Waals surface area contributed by atoms with E-state index in [4.69, 9.17) is 16.3 Å². The van der Waals surface area contributed by atoms with Crippen molar-refractivity contribution in [3.05, 3.63) is 101 Å². The summed E-state index contributed by atoms with van der Waals surface area (Å²) in [5.41, 5.74) is 1.67. The van der Waals surface area contributed by atoms with Crippen molar-refractivity contribution in [1.29, 1.82) is 0 Å². The van der Waals surface area contributed by atoms with Gasteiger partial charge in [-0.25, -0.2) is 9.37 Å². The number of aryl methyl sites for hydroxylation is 1. The maximum absolute atomic E-state index is 13.5. The molecule has 0 saturated heterocycles. The fraction of sp³-hybridized carbons (Fsp3) is 0.130. The van der Waals surface area contributed by atoms with Crippen LogP contribution in [-0.2, 0) is 7.05 Å². The average Bonchev–Trinajstić information content (AvgIpc) is 3.44. The van der Waals surface area contributed by atoms with Crippen molar-refractivity contribution < 1.29 is 13.9 Å². The summed E-state index contributed by atoms with van der Waals surface area (Å²) in [7, 11) is 3.32. The van der Waals surface area contributed by atoms with Gasteiger partial charge in [-0.15, -0.1) is 0 Å². The SMILES string of the molecule is COc1cc(-n2cccc2)c(Cl)cc1C(=O)NC(c1ccc(F)cc1)c1nccn1C. The van der Waals surface area contributed by atoms with Gasteiger partial charge in [0.05, 0.1) is 23.4 Å². The van der Waals surface area contributed by atoms with Crippen molar-refractivity contribution in [3.63, 3.8) is 0 Å². The summed E-state index contributed by atoms with van der Waals surface area (Å²) in [5.74, 6) is 0.232. The van der Waals surface area contributed by atoms with Crippen LogP contribution in [0.15, 0.2) is 73.3 Å². The van der Waals surface area contributed by atoms with E-state index >= 15 is 0 Å². The Hall–Kier alpha value is -3.58. The molecule has 2 heterocycles. The lowest BCUT2D eigenvalue weighted by Crippen LogP contribution is -2.31. The molecule has 1 N–H and O–H groups in total. The quantitative estimate of drug-likeness (QED) is 0.481. The Balaban J connectivity index is 1.71. The van der Waals surface area contributed by atoms with E-state index in [-0.39, 0.29) is 11.4 Å². The van der Waals surface area contributed by atoms with Gasteiger partial charge in [-0.1, -0.05) is 23.7 Å². The summed E-state index contributed by atoms with van der Waals surface area (Å²) in [6, 6.07) is 12.4. The van der Waals surface area contributed by atoms with Gasteiger partial charge in [-0.2, -0.15) is 0 Å². The molecule has 0 aliphatic carbocycles. The zero-order chi connectivity index (χ0) is 22.0. The Labute approximate surface area is 183 Å². The number of amides is 1. The first-order valence-corrected chi connectivity index (χ1v) is 9.90. The van der Waals surface area contributed by atoms with Crippen molar-refractivity contribution in [2.75, 3.05) is 7.11 Å². The predicted molar refractivity (Wildman–Crippen MR) is 116 cm³/mol. The third-order valence-corrected chi connectivity index (χ3v) is 5.29. The lowest BCUT2D eigenvalue weighted by molar-refractivity contribution is 0.0938. The molecule has 158 valence electrons. The number of nitrogens with one attached hydrogen (secondary N) is 1. The van der Waals surface area contributed by atoms with Crippen LogP contribution in [0.3, 0.4) is 0 Å². The van der Waals surface area contributed by atoms with Crippen LogP contribution in [0.4, 0.5) is 4.39 Å². The van der Waals surface area contributed by atoms with Crippen LogP contribution in [0, 0.1) is 5.82 Å². The van der Waals surface area contributed by atoms with Crippen LogP contribution in [-0.4, -0.2) is 27.1 Å². The number of rotatable bonds is 6. The van der Waals surface area contributed by atoms with Gasteiger partial charge in [0.25, 0.3) is 5.91 Å². The number of aromatic nitrogens is 3. The Morgan fingerprint density at radius 1 is 1.16 bits per heavy atom. The van der Waals surface area contributed by atoms with Crippen LogP contribution < -0.4 is 10.1 Å². The molecular weight excluding hydrogens is 419 g/mol. The number of methoxy groups -OCH3 is 1. The minimum absolute atomic E-state index is 0.282. The van der Waals surface area contributed by atoms with Crippen molar-refractivity contribution in [2.45, 2.75) is 6.04 Å². The number of hydrogen-bond donors (Lipinski definition) is 1. The number of nitrogens with zero attached hydrogens (tertiary/aromatic N) is 3. The maximum Gasteiger partial charge on any atom is 0.255 e. The summed E-state index contributed by atoms with van der Waals surface area (Å²) < 4.78 is 22.6. The smallest absolute Gasteiger partial charge is 0.255 e. The van der Waals surface area contributed by atoms with Crippen LogP contribution >= 0.6 is 11.6 Å². The first-order chi connectivity index (χ1) is 15.0. The van der Waals surface area contributed by atoms with Crippen molar-refractivity contribution >= 4 is 17.5 Å². The zero-order valence-electron chi connectivity index (χ0n) is 16.9. The molecule has 31 heavy (non-hydrogen) atoms. The first-order valence-electron chi connectivity index (χ1n) is 9.52. The number of hydrogen-bond acceptors (Lipinski definition) is 3. The molecule has 0 aliphatic heterocycles. The van der Waals surface area contributed by atoms with Gasteiger partial charge < -0.3 is 19.2 Å². The molecule has 6 nitrogen and oxygen atoms in total. The van der Waals surface area contributed by atoms with E-state index in [1.807, 2.05) is 36.1 Å². The van der Waals surface area contributed by atoms with Gasteiger partial charge in [0, 0.05) is 37.9 Å². The number of carbonyl (C=O) groups excluding carboxylic acids is 1. The summed E-state index contributed by atoms with van der Waals surface area (Å²) in [6.07, 6.45) is 7.13. The van der Waals surface area contributed by atoms with Gasteiger partial charge in [0.1, 0.15) is 23.4 Å². The van der Waals surface area contributed by atoms with E-state index in [2.05, 4.69) is 10.3 Å². The lowest BCUT2D eigenvalue weighted by Gasteiger charge is -2.20. The van der Waals surface area contributed by atoms with E-state index < -0.39 is 11.9 Å². The molecule has 1 amide bonds. The number of imidazole rings is 1. The second-order valence-corrected chi connectivity index (χ2v) is 7.36. The van der Waals surface area contributed by atoms with Crippen LogP contribution in [0.5, 0.6) is 5.75 Å². The standard InChI is InChI=1S/C23H20ClFN4O2/c1-28-12-9-26-22(28)21(15-5-7-16(25)8-6-15)27-23(30)17-13-18(24)19(14-20(17)31-2)29-10-3-4-11-29/h3-14,21H,1-2H3,(H,27,30). The van der Waals surface area contributed by atoms with Crippen molar-refractivity contribution in [3.8, 4) is 11.4 Å². The van der Waals surface area contributed by atoms with Crippen molar-refractivity contribution in [2.24, 2.45) is 7.05 Å². The second-order valence-electron chi connectivity index (χ2n) is 6.95. The van der Waals surface area contributed by atoms with Crippen LogP contribution in [0.25, 0.3) is 5.69 Å². The molecule has 0 aliphatic rings. The van der Waals surface area contributed by atoms with E-state index in [1.54, 1.807) is 41.2 Å². The monoisotopic (exact) mass is 438 g/mol. The Morgan fingerprint density at radius 3 is 2.48 bits per heavy atom. The molecule has 0 spiro atoms. The molecule has 0 bridgehead atoms. The Bertz CT molecular complexity index is 1200. The van der Waals surface area contributed by atoms with Gasteiger partial charge >= 0.3 is 0 Å². The fourth-order valence-corrected chi connectivity index (χ4v) is 3.66. The number of halogens is 2.